The molecule has 0 bridgehead atoms. The van der Waals surface area contributed by atoms with Crippen molar-refractivity contribution < 1.29 is 23.1 Å². The number of benzene rings is 2. The first-order valence-electron chi connectivity index (χ1n) is 8.12. The second-order valence-electron chi connectivity index (χ2n) is 5.51. The fourth-order valence-corrected chi connectivity index (χ4v) is 2.22. The molecule has 2 amide bonds. The fourth-order valence-electron chi connectivity index (χ4n) is 2.22. The molecular weight excluding hydrogens is 356 g/mol. The van der Waals surface area contributed by atoms with Crippen LogP contribution in [-0.2, 0) is 4.79 Å². The minimum absolute atomic E-state index is 0.0915. The number of hydrogen-bond donors (Lipinski definition) is 2. The van der Waals surface area contributed by atoms with E-state index in [1.807, 2.05) is 6.07 Å². The van der Waals surface area contributed by atoms with Crippen LogP contribution in [0, 0.1) is 23.0 Å². The van der Waals surface area contributed by atoms with Gasteiger partial charge in [0, 0.05) is 30.8 Å². The Morgan fingerprint density at radius 3 is 2.70 bits per heavy atom. The van der Waals surface area contributed by atoms with Crippen LogP contribution >= 0.6 is 0 Å². The molecule has 6 nitrogen and oxygen atoms in total. The summed E-state index contributed by atoms with van der Waals surface area (Å²) in [4.78, 5) is 23.8. The summed E-state index contributed by atoms with van der Waals surface area (Å²) in [7, 11) is 0. The van der Waals surface area contributed by atoms with Gasteiger partial charge in [-0.05, 0) is 30.7 Å². The largest absolute Gasteiger partial charge is 0.479 e. The summed E-state index contributed by atoms with van der Waals surface area (Å²) < 4.78 is 31.5. The van der Waals surface area contributed by atoms with Crippen molar-refractivity contribution in [2.75, 3.05) is 18.5 Å². The lowest BCUT2D eigenvalue weighted by molar-refractivity contribution is -0.116. The van der Waals surface area contributed by atoms with Crippen molar-refractivity contribution in [2.45, 2.75) is 12.8 Å². The van der Waals surface area contributed by atoms with Crippen LogP contribution in [-0.4, -0.2) is 25.0 Å². The van der Waals surface area contributed by atoms with Gasteiger partial charge < -0.3 is 15.4 Å². The van der Waals surface area contributed by atoms with E-state index in [1.165, 1.54) is 0 Å². The molecule has 2 aromatic rings. The zero-order chi connectivity index (χ0) is 19.6. The van der Waals surface area contributed by atoms with Gasteiger partial charge in [0.1, 0.15) is 23.5 Å². The standard InChI is InChI=1S/C19H17F2N3O3/c20-13-6-7-16(17(21)11-13)19(26)23-9-2-5-18(25)24-14-3-1-4-15(12-14)27-10-8-22/h1,3-4,6-7,11-12H,2,5,9-10H2,(H,23,26)(H,24,25). The van der Waals surface area contributed by atoms with Gasteiger partial charge in [0.05, 0.1) is 5.56 Å². The van der Waals surface area contributed by atoms with E-state index < -0.39 is 17.5 Å². The van der Waals surface area contributed by atoms with Crippen molar-refractivity contribution in [1.82, 2.24) is 5.32 Å². The van der Waals surface area contributed by atoms with Gasteiger partial charge in [0.15, 0.2) is 6.61 Å². The highest BCUT2D eigenvalue weighted by Gasteiger charge is 2.12. The fraction of sp³-hybridized carbons (Fsp3) is 0.211. The molecule has 0 saturated heterocycles. The van der Waals surface area contributed by atoms with E-state index in [4.69, 9.17) is 10.00 Å². The highest BCUT2D eigenvalue weighted by atomic mass is 19.1. The number of anilines is 1. The Bertz CT molecular complexity index is 866. The molecule has 140 valence electrons. The Hall–Kier alpha value is -3.47. The molecule has 0 heterocycles. The van der Waals surface area contributed by atoms with Gasteiger partial charge >= 0.3 is 0 Å². The molecule has 0 aromatic heterocycles. The number of hydrogen-bond acceptors (Lipinski definition) is 4. The van der Waals surface area contributed by atoms with E-state index in [1.54, 1.807) is 24.3 Å². The molecular formula is C19H17F2N3O3. The third-order valence-corrected chi connectivity index (χ3v) is 3.46. The van der Waals surface area contributed by atoms with Gasteiger partial charge in [0.2, 0.25) is 5.91 Å². The quantitative estimate of drug-likeness (QED) is 0.696. The topological polar surface area (TPSA) is 91.2 Å². The minimum atomic E-state index is -0.941. The highest BCUT2D eigenvalue weighted by molar-refractivity contribution is 5.94. The minimum Gasteiger partial charge on any atom is -0.479 e. The third-order valence-electron chi connectivity index (χ3n) is 3.46. The molecule has 2 N–H and O–H groups in total. The summed E-state index contributed by atoms with van der Waals surface area (Å²) in [5.74, 6) is -2.18. The lowest BCUT2D eigenvalue weighted by Gasteiger charge is -2.08. The molecule has 2 aromatic carbocycles. The Balaban J connectivity index is 1.74. The van der Waals surface area contributed by atoms with Gasteiger partial charge in [-0.3, -0.25) is 9.59 Å². The van der Waals surface area contributed by atoms with Crippen LogP contribution in [0.25, 0.3) is 0 Å². The lowest BCUT2D eigenvalue weighted by Crippen LogP contribution is -2.26. The molecule has 27 heavy (non-hydrogen) atoms. The normalized spacial score (nSPS) is 9.96. The van der Waals surface area contributed by atoms with E-state index in [0.29, 0.717) is 23.9 Å². The molecule has 0 saturated carbocycles. The van der Waals surface area contributed by atoms with Crippen LogP contribution in [0.5, 0.6) is 5.75 Å². The van der Waals surface area contributed by atoms with Crippen molar-refractivity contribution in [3.05, 3.63) is 59.7 Å². The summed E-state index contributed by atoms with van der Waals surface area (Å²) in [5.41, 5.74) is 0.267. The molecule has 0 radical (unpaired) electrons. The van der Waals surface area contributed by atoms with Gasteiger partial charge in [-0.25, -0.2) is 8.78 Å². The van der Waals surface area contributed by atoms with Gasteiger partial charge in [-0.2, -0.15) is 5.26 Å². The smallest absolute Gasteiger partial charge is 0.254 e. The van der Waals surface area contributed by atoms with Crippen molar-refractivity contribution in [3.63, 3.8) is 0 Å². The lowest BCUT2D eigenvalue weighted by atomic mass is 10.2. The summed E-state index contributed by atoms with van der Waals surface area (Å²) in [6.07, 6.45) is 0.473. The van der Waals surface area contributed by atoms with Crippen LogP contribution in [0.4, 0.5) is 14.5 Å². The average Bonchev–Trinajstić information content (AvgIpc) is 2.63. The zero-order valence-corrected chi connectivity index (χ0v) is 14.3. The highest BCUT2D eigenvalue weighted by Crippen LogP contribution is 2.17. The van der Waals surface area contributed by atoms with Crippen LogP contribution in [0.3, 0.4) is 0 Å². The molecule has 0 aliphatic heterocycles. The molecule has 2 rings (SSSR count). The number of nitriles is 1. The molecule has 0 unspecified atom stereocenters. The molecule has 0 fully saturated rings. The van der Waals surface area contributed by atoms with Crippen LogP contribution in [0.15, 0.2) is 42.5 Å². The maximum absolute atomic E-state index is 13.5. The van der Waals surface area contributed by atoms with Crippen LogP contribution in [0.2, 0.25) is 0 Å². The number of amides is 2. The van der Waals surface area contributed by atoms with Crippen molar-refractivity contribution >= 4 is 17.5 Å². The number of carbonyl (C=O) groups excluding carboxylic acids is 2. The first-order valence-corrected chi connectivity index (χ1v) is 8.12. The molecule has 0 atom stereocenters. The predicted octanol–water partition coefficient (Wildman–Crippen LogP) is 3.02. The van der Waals surface area contributed by atoms with Crippen molar-refractivity contribution in [3.8, 4) is 11.8 Å². The van der Waals surface area contributed by atoms with E-state index in [0.717, 1.165) is 12.1 Å². The predicted molar refractivity (Wildman–Crippen MR) is 94.1 cm³/mol. The van der Waals surface area contributed by atoms with Crippen LogP contribution in [0.1, 0.15) is 23.2 Å². The van der Waals surface area contributed by atoms with E-state index in [2.05, 4.69) is 10.6 Å². The monoisotopic (exact) mass is 373 g/mol. The summed E-state index contributed by atoms with van der Waals surface area (Å²) >= 11 is 0. The van der Waals surface area contributed by atoms with E-state index in [9.17, 15) is 18.4 Å². The maximum Gasteiger partial charge on any atom is 0.254 e. The number of ether oxygens (including phenoxy) is 1. The van der Waals surface area contributed by atoms with Crippen molar-refractivity contribution in [1.29, 1.82) is 5.26 Å². The van der Waals surface area contributed by atoms with Crippen LogP contribution < -0.4 is 15.4 Å². The SMILES string of the molecule is N#CCOc1cccc(NC(=O)CCCNC(=O)c2ccc(F)cc2F)c1. The molecule has 0 aliphatic rings. The average molecular weight is 373 g/mol. The number of halogens is 2. The molecule has 0 spiro atoms. The second-order valence-corrected chi connectivity index (χ2v) is 5.51. The summed E-state index contributed by atoms with van der Waals surface area (Å²) in [6, 6.07) is 11.2. The Morgan fingerprint density at radius 1 is 1.15 bits per heavy atom. The Labute approximate surface area is 154 Å². The van der Waals surface area contributed by atoms with Gasteiger partial charge in [-0.15, -0.1) is 0 Å². The van der Waals surface area contributed by atoms with Gasteiger partial charge in [-0.1, -0.05) is 6.07 Å². The van der Waals surface area contributed by atoms with E-state index in [-0.39, 0.29) is 31.0 Å². The zero-order valence-electron chi connectivity index (χ0n) is 14.3. The first kappa shape index (κ1) is 19.8. The van der Waals surface area contributed by atoms with Crippen molar-refractivity contribution in [2.24, 2.45) is 0 Å². The molecule has 8 heteroatoms. The Morgan fingerprint density at radius 2 is 1.96 bits per heavy atom. The summed E-state index contributed by atoms with van der Waals surface area (Å²) in [5, 5.41) is 13.6. The number of nitrogens with zero attached hydrogens (tertiary/aromatic N) is 1. The number of carbonyl (C=O) groups is 2. The number of rotatable bonds is 8. The first-order chi connectivity index (χ1) is 13.0. The Kier molecular flexibility index (Phi) is 7.26. The van der Waals surface area contributed by atoms with Gasteiger partial charge in [0.25, 0.3) is 5.91 Å². The molecule has 0 aliphatic carbocycles. The summed E-state index contributed by atoms with van der Waals surface area (Å²) in [6.45, 7) is 0.0696. The van der Waals surface area contributed by atoms with E-state index >= 15 is 0 Å². The second kappa shape index (κ2) is 9.87. The third kappa shape index (κ3) is 6.40. The number of nitrogens with one attached hydrogen (secondary N) is 2. The maximum atomic E-state index is 13.5.